The molecule has 2 aliphatic heterocycles. The quantitative estimate of drug-likeness (QED) is 0.653. The molecule has 114 valence electrons. The second kappa shape index (κ2) is 5.62. The van der Waals surface area contributed by atoms with Gasteiger partial charge >= 0.3 is 0 Å². The fourth-order valence-electron chi connectivity index (χ4n) is 2.78. The number of amidine groups is 1. The van der Waals surface area contributed by atoms with Gasteiger partial charge < -0.3 is 10.2 Å². The Morgan fingerprint density at radius 2 is 2.22 bits per heavy atom. The first-order valence-electron chi connectivity index (χ1n) is 7.28. The lowest BCUT2D eigenvalue weighted by atomic mass is 10.1. The van der Waals surface area contributed by atoms with Gasteiger partial charge in [0.15, 0.2) is 5.78 Å². The SMILES string of the molecule is O=C(C=C1Nc2c(Br)cccc2C2=NCCN12)c1cccnc1. The normalized spacial score (nSPS) is 17.3. The van der Waals surface area contributed by atoms with Gasteiger partial charge in [0.25, 0.3) is 0 Å². The van der Waals surface area contributed by atoms with Gasteiger partial charge in [-0.2, -0.15) is 0 Å². The predicted molar refractivity (Wildman–Crippen MR) is 92.5 cm³/mol. The van der Waals surface area contributed by atoms with Crippen molar-refractivity contribution >= 4 is 33.2 Å². The molecule has 0 aliphatic carbocycles. The number of rotatable bonds is 2. The van der Waals surface area contributed by atoms with Crippen molar-refractivity contribution in [3.8, 4) is 0 Å². The first kappa shape index (κ1) is 14.1. The third kappa shape index (κ3) is 2.45. The summed E-state index contributed by atoms with van der Waals surface area (Å²) < 4.78 is 0.948. The summed E-state index contributed by atoms with van der Waals surface area (Å²) in [6, 6.07) is 9.51. The smallest absolute Gasteiger partial charge is 0.191 e. The van der Waals surface area contributed by atoms with Crippen LogP contribution in [0.2, 0.25) is 0 Å². The number of nitrogens with one attached hydrogen (secondary N) is 1. The molecule has 1 aromatic carbocycles. The van der Waals surface area contributed by atoms with Crippen molar-refractivity contribution < 1.29 is 4.79 Å². The molecule has 0 saturated heterocycles. The van der Waals surface area contributed by atoms with E-state index in [0.29, 0.717) is 5.56 Å². The van der Waals surface area contributed by atoms with Gasteiger partial charge in [-0.3, -0.25) is 14.8 Å². The van der Waals surface area contributed by atoms with Gasteiger partial charge in [0.2, 0.25) is 0 Å². The molecule has 1 N–H and O–H groups in total. The second-order valence-corrected chi connectivity index (χ2v) is 6.13. The van der Waals surface area contributed by atoms with Crippen molar-refractivity contribution in [3.05, 3.63) is 70.2 Å². The Labute approximate surface area is 141 Å². The second-order valence-electron chi connectivity index (χ2n) is 5.28. The van der Waals surface area contributed by atoms with Crippen LogP contribution in [-0.2, 0) is 0 Å². The van der Waals surface area contributed by atoms with Crippen LogP contribution in [0.25, 0.3) is 0 Å². The van der Waals surface area contributed by atoms with E-state index in [1.54, 1.807) is 30.6 Å². The van der Waals surface area contributed by atoms with Crippen LogP contribution in [0, 0.1) is 0 Å². The average Bonchev–Trinajstić information content (AvgIpc) is 3.07. The molecule has 0 radical (unpaired) electrons. The highest BCUT2D eigenvalue weighted by Crippen LogP contribution is 2.35. The molecule has 0 bridgehead atoms. The predicted octanol–water partition coefficient (Wildman–Crippen LogP) is 3.06. The van der Waals surface area contributed by atoms with Gasteiger partial charge in [0.05, 0.1) is 12.2 Å². The van der Waals surface area contributed by atoms with Crippen LogP contribution in [0.1, 0.15) is 15.9 Å². The summed E-state index contributed by atoms with van der Waals surface area (Å²) in [5.41, 5.74) is 2.55. The molecule has 0 spiro atoms. The molecule has 3 heterocycles. The van der Waals surface area contributed by atoms with Crippen LogP contribution in [0.15, 0.2) is 64.1 Å². The highest BCUT2D eigenvalue weighted by Gasteiger charge is 2.30. The van der Waals surface area contributed by atoms with Crippen molar-refractivity contribution in [2.45, 2.75) is 0 Å². The van der Waals surface area contributed by atoms with Crippen LogP contribution >= 0.6 is 15.9 Å². The number of aliphatic imine (C=N–C) groups is 1. The zero-order chi connectivity index (χ0) is 15.8. The number of carbonyl (C=O) groups is 1. The van der Waals surface area contributed by atoms with Crippen molar-refractivity contribution in [1.29, 1.82) is 0 Å². The molecule has 2 aromatic rings. The van der Waals surface area contributed by atoms with Crippen LogP contribution in [0.5, 0.6) is 0 Å². The largest absolute Gasteiger partial charge is 0.340 e. The standard InChI is InChI=1S/C17H13BrN4O/c18-13-5-1-4-12-16(13)21-15(22-8-7-20-17(12)22)9-14(23)11-3-2-6-19-10-11/h1-6,9-10,21H,7-8H2. The number of anilines is 1. The summed E-state index contributed by atoms with van der Waals surface area (Å²) in [5, 5.41) is 3.36. The number of ketones is 1. The summed E-state index contributed by atoms with van der Waals surface area (Å²) in [6.07, 6.45) is 4.84. The maximum Gasteiger partial charge on any atom is 0.191 e. The fourth-order valence-corrected chi connectivity index (χ4v) is 3.24. The highest BCUT2D eigenvalue weighted by molar-refractivity contribution is 9.10. The van der Waals surface area contributed by atoms with E-state index in [1.165, 1.54) is 0 Å². The summed E-state index contributed by atoms with van der Waals surface area (Å²) >= 11 is 3.56. The molecule has 6 heteroatoms. The molecule has 5 nitrogen and oxygen atoms in total. The number of hydrogen-bond acceptors (Lipinski definition) is 5. The van der Waals surface area contributed by atoms with Gasteiger partial charge in [-0.25, -0.2) is 0 Å². The average molecular weight is 369 g/mol. The number of fused-ring (bicyclic) bond motifs is 3. The Hall–Kier alpha value is -2.47. The van der Waals surface area contributed by atoms with Crippen molar-refractivity contribution in [3.63, 3.8) is 0 Å². The summed E-state index contributed by atoms with van der Waals surface area (Å²) in [7, 11) is 0. The Morgan fingerprint density at radius 3 is 3.04 bits per heavy atom. The molecule has 0 atom stereocenters. The fraction of sp³-hybridized carbons (Fsp3) is 0.118. The summed E-state index contributed by atoms with van der Waals surface area (Å²) in [5.74, 6) is 1.57. The molecular formula is C17H13BrN4O. The monoisotopic (exact) mass is 368 g/mol. The number of para-hydroxylation sites is 1. The Kier molecular flexibility index (Phi) is 3.46. The number of aromatic nitrogens is 1. The van der Waals surface area contributed by atoms with Gasteiger partial charge in [-0.1, -0.05) is 6.07 Å². The van der Waals surface area contributed by atoms with E-state index in [1.807, 2.05) is 23.1 Å². The molecular weight excluding hydrogens is 356 g/mol. The molecule has 0 amide bonds. The van der Waals surface area contributed by atoms with Crippen molar-refractivity contribution in [2.24, 2.45) is 4.99 Å². The number of pyridine rings is 1. The molecule has 0 saturated carbocycles. The molecule has 0 unspecified atom stereocenters. The number of benzene rings is 1. The maximum atomic E-state index is 12.5. The minimum Gasteiger partial charge on any atom is -0.340 e. The number of nitrogens with zero attached hydrogens (tertiary/aromatic N) is 3. The molecule has 1 aromatic heterocycles. The number of hydrogen-bond donors (Lipinski definition) is 1. The topological polar surface area (TPSA) is 57.6 Å². The molecule has 4 rings (SSSR count). The van der Waals surface area contributed by atoms with E-state index >= 15 is 0 Å². The third-order valence-electron chi connectivity index (χ3n) is 3.85. The van der Waals surface area contributed by atoms with Crippen molar-refractivity contribution in [2.75, 3.05) is 18.4 Å². The molecule has 2 aliphatic rings. The number of carbonyl (C=O) groups excluding carboxylic acids is 1. The minimum atomic E-state index is -0.0812. The Morgan fingerprint density at radius 1 is 1.30 bits per heavy atom. The van der Waals surface area contributed by atoms with Crippen LogP contribution in [0.3, 0.4) is 0 Å². The van der Waals surface area contributed by atoms with Gasteiger partial charge in [-0.15, -0.1) is 0 Å². The van der Waals surface area contributed by atoms with Crippen LogP contribution in [-0.4, -0.2) is 34.6 Å². The summed E-state index contributed by atoms with van der Waals surface area (Å²) in [6.45, 7) is 1.49. The van der Waals surface area contributed by atoms with Gasteiger partial charge in [0, 0.05) is 40.6 Å². The summed E-state index contributed by atoms with van der Waals surface area (Å²) in [4.78, 5) is 23.1. The van der Waals surface area contributed by atoms with E-state index in [4.69, 9.17) is 0 Å². The minimum absolute atomic E-state index is 0.0812. The number of allylic oxidation sites excluding steroid dienone is 1. The maximum absolute atomic E-state index is 12.5. The van der Waals surface area contributed by atoms with E-state index in [0.717, 1.165) is 40.5 Å². The van der Waals surface area contributed by atoms with Crippen LogP contribution < -0.4 is 5.32 Å². The third-order valence-corrected chi connectivity index (χ3v) is 4.51. The first-order chi connectivity index (χ1) is 11.2. The molecule has 0 fully saturated rings. The Balaban J connectivity index is 1.76. The lowest BCUT2D eigenvalue weighted by Crippen LogP contribution is -2.36. The van der Waals surface area contributed by atoms with E-state index in [9.17, 15) is 4.79 Å². The zero-order valence-electron chi connectivity index (χ0n) is 12.2. The lowest BCUT2D eigenvalue weighted by molar-refractivity contribution is 0.104. The lowest BCUT2D eigenvalue weighted by Gasteiger charge is -2.31. The van der Waals surface area contributed by atoms with E-state index in [-0.39, 0.29) is 5.78 Å². The van der Waals surface area contributed by atoms with Crippen molar-refractivity contribution in [1.82, 2.24) is 9.88 Å². The Bertz CT molecular complexity index is 845. The van der Waals surface area contributed by atoms with Crippen LogP contribution in [0.4, 0.5) is 5.69 Å². The zero-order valence-corrected chi connectivity index (χ0v) is 13.7. The number of halogens is 1. The molecule has 23 heavy (non-hydrogen) atoms. The van der Waals surface area contributed by atoms with E-state index in [2.05, 4.69) is 31.2 Å². The van der Waals surface area contributed by atoms with Gasteiger partial charge in [-0.05, 0) is 40.2 Å². The first-order valence-corrected chi connectivity index (χ1v) is 8.07. The van der Waals surface area contributed by atoms with E-state index < -0.39 is 0 Å². The highest BCUT2D eigenvalue weighted by atomic mass is 79.9. The van der Waals surface area contributed by atoms with Gasteiger partial charge in [0.1, 0.15) is 11.7 Å².